The van der Waals surface area contributed by atoms with Crippen LogP contribution in [-0.2, 0) is 11.2 Å². The van der Waals surface area contributed by atoms with Crippen molar-refractivity contribution in [3.63, 3.8) is 0 Å². The molecule has 1 aromatic heterocycles. The summed E-state index contributed by atoms with van der Waals surface area (Å²) in [4.78, 5) is 22.2. The Morgan fingerprint density at radius 1 is 1.16 bits per heavy atom. The maximum absolute atomic E-state index is 14.9. The molecule has 5 aliphatic rings. The quantitative estimate of drug-likeness (QED) is 0.766. The third-order valence-electron chi connectivity index (χ3n) is 8.21. The average Bonchev–Trinajstić information content (AvgIpc) is 3.16. The number of benzene rings is 1. The van der Waals surface area contributed by atoms with Crippen molar-refractivity contribution in [2.45, 2.75) is 64.9 Å². The third kappa shape index (κ3) is 3.30. The number of rotatable bonds is 4. The lowest BCUT2D eigenvalue weighted by Crippen LogP contribution is -2.54. The maximum Gasteiger partial charge on any atom is 0.226 e. The van der Waals surface area contributed by atoms with E-state index in [1.54, 1.807) is 6.20 Å². The zero-order valence-corrected chi connectivity index (χ0v) is 18.8. The fourth-order valence-electron chi connectivity index (χ4n) is 7.23. The van der Waals surface area contributed by atoms with Gasteiger partial charge in [-0.2, -0.15) is 0 Å². The van der Waals surface area contributed by atoms with Gasteiger partial charge in [0.05, 0.1) is 23.6 Å². The Morgan fingerprint density at radius 2 is 1.84 bits per heavy atom. The van der Waals surface area contributed by atoms with Crippen molar-refractivity contribution in [2.24, 2.45) is 23.2 Å². The summed E-state index contributed by atoms with van der Waals surface area (Å²) in [5, 5.41) is 3.19. The molecule has 6 heteroatoms. The summed E-state index contributed by atoms with van der Waals surface area (Å²) in [5.41, 5.74) is 3.65. The molecule has 168 valence electrons. The SMILES string of the molecule is Cc1cnc(C)c(-c2cc(F)c3c(c2)CC(CNC(=O)C24CC5CC(CC(C5)C2)C4)O3)n1. The minimum atomic E-state index is -0.380. The Morgan fingerprint density at radius 3 is 2.53 bits per heavy atom. The number of hydrogen-bond acceptors (Lipinski definition) is 4. The highest BCUT2D eigenvalue weighted by molar-refractivity contribution is 5.83. The van der Waals surface area contributed by atoms with E-state index < -0.39 is 0 Å². The summed E-state index contributed by atoms with van der Waals surface area (Å²) in [6.45, 7) is 4.19. The molecule has 1 unspecified atom stereocenters. The van der Waals surface area contributed by atoms with Gasteiger partial charge in [-0.05, 0) is 82.3 Å². The molecule has 0 spiro atoms. The molecule has 0 radical (unpaired) electrons. The maximum atomic E-state index is 14.9. The predicted molar refractivity (Wildman–Crippen MR) is 119 cm³/mol. The Bertz CT molecular complexity index is 1060. The Hall–Kier alpha value is -2.50. The van der Waals surface area contributed by atoms with Gasteiger partial charge in [-0.1, -0.05) is 0 Å². The van der Waals surface area contributed by atoms with Crippen molar-refractivity contribution in [1.82, 2.24) is 15.3 Å². The molecular formula is C26H30FN3O2. The topological polar surface area (TPSA) is 64.1 Å². The van der Waals surface area contributed by atoms with Crippen LogP contribution in [-0.4, -0.2) is 28.5 Å². The number of hydrogen-bond donors (Lipinski definition) is 1. The lowest BCUT2D eigenvalue weighted by Gasteiger charge is -2.55. The smallest absolute Gasteiger partial charge is 0.226 e. The first kappa shape index (κ1) is 20.1. The van der Waals surface area contributed by atoms with Gasteiger partial charge in [-0.3, -0.25) is 9.78 Å². The second-order valence-corrected chi connectivity index (χ2v) is 10.7. The van der Waals surface area contributed by atoms with Gasteiger partial charge in [0.25, 0.3) is 0 Å². The van der Waals surface area contributed by atoms with Crippen molar-refractivity contribution < 1.29 is 13.9 Å². The Balaban J connectivity index is 1.15. The number of aryl methyl sites for hydroxylation is 2. The summed E-state index contributed by atoms with van der Waals surface area (Å²) < 4.78 is 20.8. The van der Waals surface area contributed by atoms with Crippen molar-refractivity contribution in [2.75, 3.05) is 6.54 Å². The van der Waals surface area contributed by atoms with Crippen molar-refractivity contribution in [3.05, 3.63) is 41.1 Å². The van der Waals surface area contributed by atoms with Crippen LogP contribution in [0.15, 0.2) is 18.3 Å². The first-order valence-corrected chi connectivity index (χ1v) is 12.0. The monoisotopic (exact) mass is 435 g/mol. The highest BCUT2D eigenvalue weighted by Gasteiger charge is 2.54. The van der Waals surface area contributed by atoms with Crippen molar-refractivity contribution in [1.29, 1.82) is 0 Å². The van der Waals surface area contributed by atoms with Crippen LogP contribution < -0.4 is 10.1 Å². The number of ether oxygens (including phenoxy) is 1. The lowest BCUT2D eigenvalue weighted by molar-refractivity contribution is -0.146. The lowest BCUT2D eigenvalue weighted by atomic mass is 9.49. The number of nitrogens with one attached hydrogen (secondary N) is 1. The van der Waals surface area contributed by atoms with E-state index in [9.17, 15) is 9.18 Å². The fraction of sp³-hybridized carbons (Fsp3) is 0.577. The second kappa shape index (κ2) is 7.26. The number of fused-ring (bicyclic) bond motifs is 1. The zero-order chi connectivity index (χ0) is 22.0. The number of halogens is 1. The molecule has 1 atom stereocenters. The molecule has 2 aromatic rings. The van der Waals surface area contributed by atoms with E-state index in [-0.39, 0.29) is 23.2 Å². The molecule has 4 saturated carbocycles. The molecule has 1 N–H and O–H groups in total. The first-order valence-electron chi connectivity index (χ1n) is 12.0. The zero-order valence-electron chi connectivity index (χ0n) is 18.8. The number of amides is 1. The van der Waals surface area contributed by atoms with Crippen LogP contribution >= 0.6 is 0 Å². The normalized spacial score (nSPS) is 32.0. The minimum Gasteiger partial charge on any atom is -0.485 e. The van der Waals surface area contributed by atoms with E-state index in [1.807, 2.05) is 19.9 Å². The van der Waals surface area contributed by atoms with Gasteiger partial charge in [0, 0.05) is 29.2 Å². The van der Waals surface area contributed by atoms with Gasteiger partial charge < -0.3 is 10.1 Å². The van der Waals surface area contributed by atoms with Gasteiger partial charge in [-0.15, -0.1) is 0 Å². The first-order chi connectivity index (χ1) is 15.4. The molecule has 5 nitrogen and oxygen atoms in total. The van der Waals surface area contributed by atoms with Gasteiger partial charge in [0.2, 0.25) is 5.91 Å². The summed E-state index contributed by atoms with van der Waals surface area (Å²) in [6.07, 6.45) is 9.16. The van der Waals surface area contributed by atoms with Gasteiger partial charge in [0.15, 0.2) is 11.6 Å². The highest BCUT2D eigenvalue weighted by Crippen LogP contribution is 2.60. The molecule has 2 heterocycles. The van der Waals surface area contributed by atoms with Gasteiger partial charge >= 0.3 is 0 Å². The molecular weight excluding hydrogens is 405 g/mol. The summed E-state index contributed by atoms with van der Waals surface area (Å²) >= 11 is 0. The van der Waals surface area contributed by atoms with Crippen LogP contribution in [0.25, 0.3) is 11.3 Å². The number of nitrogens with zero attached hydrogens (tertiary/aromatic N) is 2. The van der Waals surface area contributed by atoms with Crippen LogP contribution in [0.2, 0.25) is 0 Å². The van der Waals surface area contributed by atoms with E-state index in [1.165, 1.54) is 25.3 Å². The largest absolute Gasteiger partial charge is 0.485 e. The van der Waals surface area contributed by atoms with Crippen LogP contribution in [0.4, 0.5) is 4.39 Å². The Labute approximate surface area is 188 Å². The molecule has 0 saturated heterocycles. The standard InChI is InChI=1S/C26H30FN3O2/c1-14-12-28-15(2)23(30-14)19-6-20-7-21(32-24(20)22(27)8-19)13-29-25(31)26-9-16-3-17(10-26)5-18(4-16)11-26/h6,8,12,16-18,21H,3-5,7,9-11,13H2,1-2H3,(H,29,31). The van der Waals surface area contributed by atoms with E-state index >= 15 is 0 Å². The van der Waals surface area contributed by atoms with E-state index in [0.29, 0.717) is 24.4 Å². The molecule has 7 rings (SSSR count). The van der Waals surface area contributed by atoms with E-state index in [2.05, 4.69) is 15.3 Å². The summed E-state index contributed by atoms with van der Waals surface area (Å²) in [6, 6.07) is 3.43. The second-order valence-electron chi connectivity index (χ2n) is 10.7. The van der Waals surface area contributed by atoms with Gasteiger partial charge in [-0.25, -0.2) is 9.37 Å². The molecule has 4 fully saturated rings. The molecule has 4 aliphatic carbocycles. The Kier molecular flexibility index (Phi) is 4.57. The van der Waals surface area contributed by atoms with Crippen LogP contribution in [0.3, 0.4) is 0 Å². The van der Waals surface area contributed by atoms with Crippen LogP contribution in [0.1, 0.15) is 55.5 Å². The number of carbonyl (C=O) groups is 1. The van der Waals surface area contributed by atoms with Crippen molar-refractivity contribution >= 4 is 5.91 Å². The average molecular weight is 436 g/mol. The molecule has 4 bridgehead atoms. The predicted octanol–water partition coefficient (Wildman–Crippen LogP) is 4.54. The van der Waals surface area contributed by atoms with Crippen LogP contribution in [0, 0.1) is 42.8 Å². The van der Waals surface area contributed by atoms with Crippen molar-refractivity contribution in [3.8, 4) is 17.0 Å². The third-order valence-corrected chi connectivity index (χ3v) is 8.21. The summed E-state index contributed by atoms with van der Waals surface area (Å²) in [5.74, 6) is 2.33. The minimum absolute atomic E-state index is 0.167. The van der Waals surface area contributed by atoms with E-state index in [4.69, 9.17) is 4.74 Å². The van der Waals surface area contributed by atoms with Gasteiger partial charge in [0.1, 0.15) is 6.10 Å². The number of carbonyl (C=O) groups excluding carboxylic acids is 1. The molecule has 32 heavy (non-hydrogen) atoms. The summed E-state index contributed by atoms with van der Waals surface area (Å²) in [7, 11) is 0. The molecule has 1 aliphatic heterocycles. The fourth-order valence-corrected chi connectivity index (χ4v) is 7.23. The van der Waals surface area contributed by atoms with Crippen LogP contribution in [0.5, 0.6) is 5.75 Å². The van der Waals surface area contributed by atoms with E-state index in [0.717, 1.165) is 59.5 Å². The molecule has 1 aromatic carbocycles. The highest BCUT2D eigenvalue weighted by atomic mass is 19.1. The number of aromatic nitrogens is 2. The molecule has 1 amide bonds.